The summed E-state index contributed by atoms with van der Waals surface area (Å²) < 4.78 is 13.6. The van der Waals surface area contributed by atoms with Gasteiger partial charge < -0.3 is 9.47 Å². The van der Waals surface area contributed by atoms with Crippen molar-refractivity contribution in [3.05, 3.63) is 70.3 Å². The van der Waals surface area contributed by atoms with Crippen LogP contribution < -0.4 is 15.0 Å². The average molecular weight is 377 g/mol. The van der Waals surface area contributed by atoms with Crippen LogP contribution in [0.1, 0.15) is 11.1 Å². The molecule has 4 aromatic rings. The Hall–Kier alpha value is -3.68. The van der Waals surface area contributed by atoms with E-state index in [4.69, 9.17) is 9.47 Å². The Kier molecular flexibility index (Phi) is 4.52. The molecular weight excluding hydrogens is 358 g/mol. The molecule has 8 heteroatoms. The van der Waals surface area contributed by atoms with E-state index in [1.165, 1.54) is 15.6 Å². The second-order valence-electron chi connectivity index (χ2n) is 6.38. The van der Waals surface area contributed by atoms with Gasteiger partial charge in [0.05, 0.1) is 26.5 Å². The van der Waals surface area contributed by atoms with Gasteiger partial charge in [-0.2, -0.15) is 4.68 Å². The molecule has 0 saturated heterocycles. The van der Waals surface area contributed by atoms with Gasteiger partial charge in [0.15, 0.2) is 22.7 Å². The highest BCUT2D eigenvalue weighted by Gasteiger charge is 2.15. The molecule has 4 rings (SSSR count). The van der Waals surface area contributed by atoms with Gasteiger partial charge >= 0.3 is 0 Å². The lowest BCUT2D eigenvalue weighted by Gasteiger charge is -2.09. The summed E-state index contributed by atoms with van der Waals surface area (Å²) in [5.41, 5.74) is 3.19. The van der Waals surface area contributed by atoms with Crippen molar-refractivity contribution in [3.63, 3.8) is 0 Å². The highest BCUT2D eigenvalue weighted by atomic mass is 16.5. The standard InChI is InChI=1S/C20H19N5O3/c1-13-5-4-6-14(9-13)11-24-12-21-19-18(20(24)26)22-23-25(19)15-7-8-16(27-2)17(10-15)28-3/h4-10,12H,11H2,1-3H3. The van der Waals surface area contributed by atoms with Gasteiger partial charge in [-0.1, -0.05) is 35.0 Å². The maximum absolute atomic E-state index is 12.8. The van der Waals surface area contributed by atoms with Crippen LogP contribution in [0.15, 0.2) is 53.6 Å². The Bertz CT molecular complexity index is 1210. The first-order chi connectivity index (χ1) is 13.6. The second-order valence-corrected chi connectivity index (χ2v) is 6.38. The molecule has 0 aliphatic rings. The van der Waals surface area contributed by atoms with E-state index in [0.717, 1.165) is 11.1 Å². The van der Waals surface area contributed by atoms with Crippen molar-refractivity contribution in [2.24, 2.45) is 0 Å². The van der Waals surface area contributed by atoms with Crippen LogP contribution in [0.2, 0.25) is 0 Å². The Morgan fingerprint density at radius 2 is 1.86 bits per heavy atom. The van der Waals surface area contributed by atoms with Gasteiger partial charge in [-0.3, -0.25) is 9.36 Å². The van der Waals surface area contributed by atoms with Crippen LogP contribution in [0.25, 0.3) is 16.9 Å². The molecule has 2 aromatic carbocycles. The molecule has 0 amide bonds. The number of aromatic nitrogens is 5. The smallest absolute Gasteiger partial charge is 0.283 e. The molecule has 0 radical (unpaired) electrons. The largest absolute Gasteiger partial charge is 0.493 e. The highest BCUT2D eigenvalue weighted by molar-refractivity contribution is 5.70. The molecule has 0 aliphatic heterocycles. The summed E-state index contributed by atoms with van der Waals surface area (Å²) >= 11 is 0. The molecule has 0 bridgehead atoms. The lowest BCUT2D eigenvalue weighted by molar-refractivity contribution is 0.355. The lowest BCUT2D eigenvalue weighted by atomic mass is 10.1. The third-order valence-electron chi connectivity index (χ3n) is 4.48. The zero-order valence-corrected chi connectivity index (χ0v) is 15.8. The average Bonchev–Trinajstić information content (AvgIpc) is 3.14. The number of methoxy groups -OCH3 is 2. The molecule has 2 aromatic heterocycles. The fourth-order valence-corrected chi connectivity index (χ4v) is 3.09. The number of benzene rings is 2. The van der Waals surface area contributed by atoms with Crippen LogP contribution >= 0.6 is 0 Å². The molecule has 0 N–H and O–H groups in total. The van der Waals surface area contributed by atoms with Gasteiger partial charge in [0.25, 0.3) is 5.56 Å². The molecule has 0 saturated carbocycles. The molecule has 142 valence electrons. The van der Waals surface area contributed by atoms with Crippen LogP contribution in [0, 0.1) is 6.92 Å². The van der Waals surface area contributed by atoms with E-state index < -0.39 is 0 Å². The minimum Gasteiger partial charge on any atom is -0.493 e. The molecule has 0 atom stereocenters. The SMILES string of the molecule is COc1ccc(-n2nnc3c(=O)n(Cc4cccc(C)c4)cnc32)cc1OC. The lowest BCUT2D eigenvalue weighted by Crippen LogP contribution is -2.21. The summed E-state index contributed by atoms with van der Waals surface area (Å²) in [6.45, 7) is 2.44. The van der Waals surface area contributed by atoms with Gasteiger partial charge in [0, 0.05) is 6.07 Å². The Morgan fingerprint density at radius 1 is 1.04 bits per heavy atom. The van der Waals surface area contributed by atoms with Crippen LogP contribution in [0.4, 0.5) is 0 Å². The van der Waals surface area contributed by atoms with E-state index in [9.17, 15) is 4.79 Å². The minimum absolute atomic E-state index is 0.213. The molecule has 0 spiro atoms. The van der Waals surface area contributed by atoms with Gasteiger partial charge in [-0.05, 0) is 24.6 Å². The van der Waals surface area contributed by atoms with E-state index >= 15 is 0 Å². The number of hydrogen-bond acceptors (Lipinski definition) is 6. The maximum Gasteiger partial charge on any atom is 0.283 e. The van der Waals surface area contributed by atoms with E-state index in [1.54, 1.807) is 32.4 Å². The van der Waals surface area contributed by atoms with Crippen molar-refractivity contribution >= 4 is 11.2 Å². The number of ether oxygens (including phenoxy) is 2. The Morgan fingerprint density at radius 3 is 2.61 bits per heavy atom. The quantitative estimate of drug-likeness (QED) is 0.531. The predicted molar refractivity (Wildman–Crippen MR) is 104 cm³/mol. The third-order valence-corrected chi connectivity index (χ3v) is 4.48. The van der Waals surface area contributed by atoms with E-state index in [0.29, 0.717) is 29.4 Å². The molecular formula is C20H19N5O3. The summed E-state index contributed by atoms with van der Waals surface area (Å²) in [5, 5.41) is 8.17. The van der Waals surface area contributed by atoms with E-state index in [1.807, 2.05) is 31.2 Å². The van der Waals surface area contributed by atoms with Crippen LogP contribution in [0.3, 0.4) is 0 Å². The minimum atomic E-state index is -0.238. The number of aryl methyl sites for hydroxylation is 1. The molecule has 2 heterocycles. The normalized spacial score (nSPS) is 11.0. The highest BCUT2D eigenvalue weighted by Crippen LogP contribution is 2.29. The van der Waals surface area contributed by atoms with Crippen molar-refractivity contribution in [2.75, 3.05) is 14.2 Å². The number of rotatable bonds is 5. The molecule has 0 aliphatic carbocycles. The number of hydrogen-bond donors (Lipinski definition) is 0. The topological polar surface area (TPSA) is 84.1 Å². The van der Waals surface area contributed by atoms with Crippen LogP contribution in [-0.2, 0) is 6.54 Å². The zero-order chi connectivity index (χ0) is 19.7. The van der Waals surface area contributed by atoms with Crippen LogP contribution in [-0.4, -0.2) is 38.8 Å². The number of fused-ring (bicyclic) bond motifs is 1. The van der Waals surface area contributed by atoms with Gasteiger partial charge in [0.1, 0.15) is 6.33 Å². The fraction of sp³-hybridized carbons (Fsp3) is 0.200. The van der Waals surface area contributed by atoms with Crippen molar-refractivity contribution in [1.29, 1.82) is 0 Å². The summed E-state index contributed by atoms with van der Waals surface area (Å²) in [5.74, 6) is 1.15. The Balaban J connectivity index is 1.76. The first-order valence-electron chi connectivity index (χ1n) is 8.69. The predicted octanol–water partition coefficient (Wildman–Crippen LogP) is 2.35. The molecule has 28 heavy (non-hydrogen) atoms. The van der Waals surface area contributed by atoms with E-state index in [2.05, 4.69) is 15.3 Å². The van der Waals surface area contributed by atoms with Crippen molar-refractivity contribution in [2.45, 2.75) is 13.5 Å². The zero-order valence-electron chi connectivity index (χ0n) is 15.8. The van der Waals surface area contributed by atoms with Crippen molar-refractivity contribution in [3.8, 4) is 17.2 Å². The summed E-state index contributed by atoms with van der Waals surface area (Å²) in [4.78, 5) is 17.3. The molecule has 8 nitrogen and oxygen atoms in total. The molecule has 0 unspecified atom stereocenters. The second kappa shape index (κ2) is 7.15. The fourth-order valence-electron chi connectivity index (χ4n) is 3.09. The van der Waals surface area contributed by atoms with Gasteiger partial charge in [-0.15, -0.1) is 5.10 Å². The summed E-state index contributed by atoms with van der Waals surface area (Å²) in [6, 6.07) is 13.3. The first kappa shape index (κ1) is 17.7. The summed E-state index contributed by atoms with van der Waals surface area (Å²) in [6.07, 6.45) is 1.52. The van der Waals surface area contributed by atoms with Crippen LogP contribution in [0.5, 0.6) is 11.5 Å². The van der Waals surface area contributed by atoms with Crippen molar-refractivity contribution < 1.29 is 9.47 Å². The van der Waals surface area contributed by atoms with Gasteiger partial charge in [0.2, 0.25) is 0 Å². The Labute approximate surface area is 161 Å². The van der Waals surface area contributed by atoms with Crippen molar-refractivity contribution in [1.82, 2.24) is 24.5 Å². The van der Waals surface area contributed by atoms with E-state index in [-0.39, 0.29) is 11.1 Å². The summed E-state index contributed by atoms with van der Waals surface area (Å²) in [7, 11) is 3.13. The maximum atomic E-state index is 12.8. The number of nitrogens with zero attached hydrogens (tertiary/aromatic N) is 5. The van der Waals surface area contributed by atoms with Gasteiger partial charge in [-0.25, -0.2) is 4.98 Å². The monoisotopic (exact) mass is 377 g/mol. The third kappa shape index (κ3) is 3.09. The molecule has 0 fully saturated rings. The first-order valence-corrected chi connectivity index (χ1v) is 8.69.